The number of epoxide rings is 1. The van der Waals surface area contributed by atoms with Crippen molar-refractivity contribution in [1.82, 2.24) is 0 Å². The maximum absolute atomic E-state index is 5.52. The predicted molar refractivity (Wildman–Crippen MR) is 32.4 cm³/mol. The van der Waals surface area contributed by atoms with Crippen molar-refractivity contribution in [2.24, 2.45) is 5.92 Å². The number of hydrogen-bond acceptors (Lipinski definition) is 3. The number of ether oxygens (including phenoxy) is 3. The first-order valence-electron chi connectivity index (χ1n) is 3.79. The molecule has 3 rings (SSSR count). The third-order valence-corrected chi connectivity index (χ3v) is 2.67. The molecule has 10 heavy (non-hydrogen) atoms. The van der Waals surface area contributed by atoms with Gasteiger partial charge in [0.15, 0.2) is 6.29 Å². The molecule has 0 spiro atoms. The molecular formula is C7H10O3. The van der Waals surface area contributed by atoms with Crippen molar-refractivity contribution >= 4 is 0 Å². The van der Waals surface area contributed by atoms with Crippen LogP contribution in [0.3, 0.4) is 0 Å². The Morgan fingerprint density at radius 3 is 3.00 bits per heavy atom. The standard InChI is InChI=1S/C7H10O3/c1-3-4-2-8-7(9-4)6-5(3)10-6/h3-7H,2H2,1H3/t3-,4+,5+,6-,7?/m0/s1. The summed E-state index contributed by atoms with van der Waals surface area (Å²) in [6, 6.07) is 0. The zero-order valence-corrected chi connectivity index (χ0v) is 5.82. The molecule has 0 aromatic rings. The van der Waals surface area contributed by atoms with Crippen LogP contribution in [-0.2, 0) is 14.2 Å². The molecule has 3 nitrogen and oxygen atoms in total. The highest BCUT2D eigenvalue weighted by Gasteiger charge is 2.59. The molecule has 3 saturated heterocycles. The second-order valence-electron chi connectivity index (χ2n) is 3.30. The molecule has 0 amide bonds. The van der Waals surface area contributed by atoms with Gasteiger partial charge in [0.1, 0.15) is 6.10 Å². The largest absolute Gasteiger partial charge is 0.364 e. The van der Waals surface area contributed by atoms with Crippen LogP contribution in [0.4, 0.5) is 0 Å². The summed E-state index contributed by atoms with van der Waals surface area (Å²) in [6.45, 7) is 2.93. The van der Waals surface area contributed by atoms with Crippen molar-refractivity contribution in [3.05, 3.63) is 0 Å². The Morgan fingerprint density at radius 2 is 2.10 bits per heavy atom. The van der Waals surface area contributed by atoms with Gasteiger partial charge in [-0.15, -0.1) is 0 Å². The van der Waals surface area contributed by atoms with E-state index >= 15 is 0 Å². The van der Waals surface area contributed by atoms with Crippen LogP contribution in [0.2, 0.25) is 0 Å². The summed E-state index contributed by atoms with van der Waals surface area (Å²) in [5, 5.41) is 0. The summed E-state index contributed by atoms with van der Waals surface area (Å²) in [4.78, 5) is 0. The van der Waals surface area contributed by atoms with E-state index in [2.05, 4.69) is 6.92 Å². The van der Waals surface area contributed by atoms with E-state index in [-0.39, 0.29) is 12.4 Å². The molecule has 0 aliphatic carbocycles. The maximum atomic E-state index is 5.52. The summed E-state index contributed by atoms with van der Waals surface area (Å²) in [7, 11) is 0. The molecule has 0 saturated carbocycles. The van der Waals surface area contributed by atoms with Crippen LogP contribution < -0.4 is 0 Å². The molecule has 0 radical (unpaired) electrons. The van der Waals surface area contributed by atoms with E-state index in [1.54, 1.807) is 0 Å². The molecule has 56 valence electrons. The minimum Gasteiger partial charge on any atom is -0.364 e. The van der Waals surface area contributed by atoms with Crippen LogP contribution in [0.5, 0.6) is 0 Å². The van der Waals surface area contributed by atoms with E-state index in [0.717, 1.165) is 6.61 Å². The van der Waals surface area contributed by atoms with Gasteiger partial charge in [-0.05, 0) is 0 Å². The number of rotatable bonds is 0. The minimum atomic E-state index is -0.0359. The summed E-state index contributed by atoms with van der Waals surface area (Å²) in [5.41, 5.74) is 0. The van der Waals surface area contributed by atoms with Crippen LogP contribution in [0, 0.1) is 5.92 Å². The Balaban J connectivity index is 1.91. The lowest BCUT2D eigenvalue weighted by Gasteiger charge is -2.19. The van der Waals surface area contributed by atoms with Crippen LogP contribution >= 0.6 is 0 Å². The van der Waals surface area contributed by atoms with Gasteiger partial charge in [0.25, 0.3) is 0 Å². The van der Waals surface area contributed by atoms with Gasteiger partial charge < -0.3 is 14.2 Å². The van der Waals surface area contributed by atoms with E-state index in [0.29, 0.717) is 18.1 Å². The molecule has 3 fully saturated rings. The zero-order chi connectivity index (χ0) is 6.72. The lowest BCUT2D eigenvalue weighted by atomic mass is 9.98. The fraction of sp³-hybridized carbons (Fsp3) is 1.00. The van der Waals surface area contributed by atoms with Gasteiger partial charge >= 0.3 is 0 Å². The van der Waals surface area contributed by atoms with Gasteiger partial charge in [-0.2, -0.15) is 0 Å². The van der Waals surface area contributed by atoms with E-state index in [4.69, 9.17) is 14.2 Å². The molecule has 5 atom stereocenters. The fourth-order valence-electron chi connectivity index (χ4n) is 1.88. The highest BCUT2D eigenvalue weighted by atomic mass is 16.8. The van der Waals surface area contributed by atoms with Gasteiger partial charge in [-0.25, -0.2) is 0 Å². The van der Waals surface area contributed by atoms with Crippen molar-refractivity contribution in [2.45, 2.75) is 31.5 Å². The fourth-order valence-corrected chi connectivity index (χ4v) is 1.88. The average Bonchev–Trinajstić information content (AvgIpc) is 2.61. The first-order valence-corrected chi connectivity index (χ1v) is 3.79. The lowest BCUT2D eigenvalue weighted by Crippen LogP contribution is -2.33. The Labute approximate surface area is 59.3 Å². The van der Waals surface area contributed by atoms with Gasteiger partial charge in [0, 0.05) is 5.92 Å². The predicted octanol–water partition coefficient (Wildman–Crippen LogP) is 0.145. The molecule has 3 heteroatoms. The first-order chi connectivity index (χ1) is 4.86. The second-order valence-corrected chi connectivity index (χ2v) is 3.30. The third kappa shape index (κ3) is 0.516. The third-order valence-electron chi connectivity index (χ3n) is 2.67. The van der Waals surface area contributed by atoms with Crippen LogP contribution in [0.15, 0.2) is 0 Å². The van der Waals surface area contributed by atoms with Crippen LogP contribution in [0.1, 0.15) is 6.92 Å². The number of hydrogen-bond donors (Lipinski definition) is 0. The van der Waals surface area contributed by atoms with E-state index < -0.39 is 0 Å². The Morgan fingerprint density at radius 1 is 1.20 bits per heavy atom. The van der Waals surface area contributed by atoms with Crippen molar-refractivity contribution in [2.75, 3.05) is 6.61 Å². The molecule has 1 unspecified atom stereocenters. The smallest absolute Gasteiger partial charge is 0.186 e. The van der Waals surface area contributed by atoms with Crippen LogP contribution in [0.25, 0.3) is 0 Å². The summed E-state index contributed by atoms with van der Waals surface area (Å²) in [6.07, 6.45) is 0.958. The second kappa shape index (κ2) is 1.55. The Hall–Kier alpha value is -0.120. The quantitative estimate of drug-likeness (QED) is 0.451. The zero-order valence-electron chi connectivity index (χ0n) is 5.82. The molecule has 0 aromatic carbocycles. The average molecular weight is 142 g/mol. The molecule has 0 aromatic heterocycles. The topological polar surface area (TPSA) is 31.0 Å². The maximum Gasteiger partial charge on any atom is 0.186 e. The van der Waals surface area contributed by atoms with E-state index in [9.17, 15) is 0 Å². The lowest BCUT2D eigenvalue weighted by molar-refractivity contribution is -0.0870. The van der Waals surface area contributed by atoms with E-state index in [1.165, 1.54) is 0 Å². The first kappa shape index (κ1) is 5.52. The molecule has 2 bridgehead atoms. The molecular weight excluding hydrogens is 132 g/mol. The molecule has 3 aliphatic heterocycles. The number of fused-ring (bicyclic) bond motifs is 4. The molecule has 0 N–H and O–H groups in total. The minimum absolute atomic E-state index is 0.0359. The highest BCUT2D eigenvalue weighted by Crippen LogP contribution is 2.44. The summed E-state index contributed by atoms with van der Waals surface area (Å²) >= 11 is 0. The van der Waals surface area contributed by atoms with Crippen molar-refractivity contribution in [3.63, 3.8) is 0 Å². The van der Waals surface area contributed by atoms with Gasteiger partial charge in [0.05, 0.1) is 18.8 Å². The molecule has 3 heterocycles. The van der Waals surface area contributed by atoms with Gasteiger partial charge in [-0.3, -0.25) is 0 Å². The summed E-state index contributed by atoms with van der Waals surface area (Å²) < 4.78 is 16.2. The Kier molecular flexibility index (Phi) is 0.854. The van der Waals surface area contributed by atoms with E-state index in [1.807, 2.05) is 0 Å². The normalized spacial score (nSPS) is 63.9. The monoisotopic (exact) mass is 142 g/mol. The highest BCUT2D eigenvalue weighted by molar-refractivity contribution is 5.01. The van der Waals surface area contributed by atoms with Gasteiger partial charge in [-0.1, -0.05) is 6.92 Å². The van der Waals surface area contributed by atoms with Gasteiger partial charge in [0.2, 0.25) is 0 Å². The van der Waals surface area contributed by atoms with Crippen molar-refractivity contribution in [1.29, 1.82) is 0 Å². The van der Waals surface area contributed by atoms with Crippen molar-refractivity contribution in [3.8, 4) is 0 Å². The Bertz CT molecular complexity index is 168. The SMILES string of the molecule is C[C@@H]1[C@H]2O[C@@H]2C2OC[C@H]1O2. The molecule has 3 aliphatic rings. The summed E-state index contributed by atoms with van der Waals surface area (Å²) in [5.74, 6) is 0.531. The van der Waals surface area contributed by atoms with Crippen LogP contribution in [-0.4, -0.2) is 31.2 Å². The van der Waals surface area contributed by atoms with Crippen molar-refractivity contribution < 1.29 is 14.2 Å².